The number of hydroxylamine groups is 1. The summed E-state index contributed by atoms with van der Waals surface area (Å²) in [6.45, 7) is 3.92. The molecule has 140 valence electrons. The molecule has 2 aromatic rings. The summed E-state index contributed by atoms with van der Waals surface area (Å²) in [5.41, 5.74) is 3.32. The van der Waals surface area contributed by atoms with E-state index < -0.39 is 0 Å². The van der Waals surface area contributed by atoms with Crippen LogP contribution in [0.5, 0.6) is 0 Å². The largest absolute Gasteiger partial charge is 0.358 e. The van der Waals surface area contributed by atoms with Gasteiger partial charge in [-0.05, 0) is 30.5 Å². The van der Waals surface area contributed by atoms with Crippen molar-refractivity contribution in [3.63, 3.8) is 0 Å². The van der Waals surface area contributed by atoms with E-state index in [4.69, 9.17) is 4.84 Å². The fourth-order valence-corrected chi connectivity index (χ4v) is 3.61. The minimum Gasteiger partial charge on any atom is -0.358 e. The Morgan fingerprint density at radius 3 is 2.70 bits per heavy atom. The Morgan fingerprint density at radius 1 is 1.30 bits per heavy atom. The van der Waals surface area contributed by atoms with Crippen molar-refractivity contribution < 1.29 is 9.23 Å². The van der Waals surface area contributed by atoms with E-state index >= 15 is 0 Å². The van der Waals surface area contributed by atoms with Crippen LogP contribution in [0.2, 0.25) is 0 Å². The van der Waals surface area contributed by atoms with Crippen molar-refractivity contribution in [2.75, 3.05) is 0 Å². The highest BCUT2D eigenvalue weighted by atomic mass is 19.1. The zero-order valence-corrected chi connectivity index (χ0v) is 15.2. The van der Waals surface area contributed by atoms with Gasteiger partial charge in [0.25, 0.3) is 5.88 Å². The molecule has 6 nitrogen and oxygen atoms in total. The Bertz CT molecular complexity index is 1070. The molecule has 1 fully saturated rings. The van der Waals surface area contributed by atoms with Gasteiger partial charge in [0.1, 0.15) is 17.5 Å². The predicted molar refractivity (Wildman–Crippen MR) is 101 cm³/mol. The number of aliphatic imine (C=N–C) groups is 1. The quantitative estimate of drug-likeness (QED) is 0.885. The normalized spacial score (nSPS) is 19.0. The molecular weight excluding hydrogens is 347 g/mol. The van der Waals surface area contributed by atoms with E-state index in [-0.39, 0.29) is 22.5 Å². The van der Waals surface area contributed by atoms with Gasteiger partial charge in [-0.2, -0.15) is 4.99 Å². The van der Waals surface area contributed by atoms with Crippen LogP contribution in [-0.4, -0.2) is 15.4 Å². The van der Waals surface area contributed by atoms with Gasteiger partial charge < -0.3 is 9.40 Å². The molecule has 1 saturated carbocycles. The Morgan fingerprint density at radius 2 is 2.00 bits per heavy atom. The second-order valence-electron chi connectivity index (χ2n) is 7.01. The van der Waals surface area contributed by atoms with Crippen LogP contribution in [0.1, 0.15) is 43.0 Å². The summed E-state index contributed by atoms with van der Waals surface area (Å²) in [5.74, 6) is 1.59. The average molecular weight is 368 g/mol. The van der Waals surface area contributed by atoms with Gasteiger partial charge in [-0.15, -0.1) is 0 Å². The van der Waals surface area contributed by atoms with Crippen molar-refractivity contribution in [1.82, 2.24) is 15.0 Å². The summed E-state index contributed by atoms with van der Waals surface area (Å²) in [4.78, 5) is 27.1. The lowest BCUT2D eigenvalue weighted by Gasteiger charge is -2.13. The Balaban J connectivity index is 1.74. The third kappa shape index (κ3) is 3.37. The van der Waals surface area contributed by atoms with Crippen LogP contribution < -0.4 is 21.6 Å². The Hall–Kier alpha value is -2.96. The molecule has 1 aromatic carbocycles. The van der Waals surface area contributed by atoms with Gasteiger partial charge in [-0.25, -0.2) is 14.9 Å². The van der Waals surface area contributed by atoms with Crippen LogP contribution in [0.4, 0.5) is 4.39 Å². The third-order valence-electron chi connectivity index (χ3n) is 5.16. The van der Waals surface area contributed by atoms with Crippen LogP contribution in [0, 0.1) is 5.82 Å². The van der Waals surface area contributed by atoms with Crippen LogP contribution >= 0.6 is 0 Å². The van der Waals surface area contributed by atoms with E-state index in [9.17, 15) is 9.18 Å². The molecule has 0 radical (unpaired) electrons. The first-order valence-electron chi connectivity index (χ1n) is 9.08. The number of nitrogens with one attached hydrogen (secondary N) is 1. The Labute approximate surface area is 155 Å². The van der Waals surface area contributed by atoms with Gasteiger partial charge in [0, 0.05) is 19.4 Å². The number of hydrogen-bond acceptors (Lipinski definition) is 5. The summed E-state index contributed by atoms with van der Waals surface area (Å²) < 4.78 is 14.8. The van der Waals surface area contributed by atoms with Gasteiger partial charge in [0.05, 0.1) is 5.35 Å². The predicted octanol–water partition coefficient (Wildman–Crippen LogP) is 1.23. The smallest absolute Gasteiger partial charge is 0.277 e. The van der Waals surface area contributed by atoms with Crippen molar-refractivity contribution in [1.29, 1.82) is 0 Å². The Kier molecular flexibility index (Phi) is 4.51. The van der Waals surface area contributed by atoms with Crippen LogP contribution in [0.25, 0.3) is 12.5 Å². The van der Waals surface area contributed by atoms with E-state index in [1.807, 2.05) is 7.05 Å². The van der Waals surface area contributed by atoms with Crippen molar-refractivity contribution in [2.45, 2.75) is 38.0 Å². The molecule has 2 aliphatic rings. The van der Waals surface area contributed by atoms with Gasteiger partial charge in [0.2, 0.25) is 5.43 Å². The first-order chi connectivity index (χ1) is 13.0. The van der Waals surface area contributed by atoms with Gasteiger partial charge >= 0.3 is 0 Å². The van der Waals surface area contributed by atoms with Crippen LogP contribution in [-0.2, 0) is 18.3 Å². The fourth-order valence-electron chi connectivity index (χ4n) is 3.61. The standard InChI is InChI=1S/C20H21FN4O2/c1-12-18(26)17(23-19(25(12)2)14-5-3-4-6-14)20-22-16(24-27-20)11-13-7-9-15(21)10-8-13/h7-10,14H,1,3-6,11H2,2H3,(H,22,24)/b20-17+. The summed E-state index contributed by atoms with van der Waals surface area (Å²) in [5, 5.41) is 0.557. The summed E-state index contributed by atoms with van der Waals surface area (Å²) in [6, 6.07) is 6.16. The van der Waals surface area contributed by atoms with Gasteiger partial charge in [0.15, 0.2) is 5.35 Å². The zero-order valence-electron chi connectivity index (χ0n) is 15.2. The van der Waals surface area contributed by atoms with E-state index in [1.54, 1.807) is 16.7 Å². The molecule has 4 rings (SSSR count). The van der Waals surface area contributed by atoms with Gasteiger partial charge in [-0.3, -0.25) is 4.79 Å². The van der Waals surface area contributed by atoms with E-state index in [2.05, 4.69) is 22.0 Å². The molecule has 7 heteroatoms. The summed E-state index contributed by atoms with van der Waals surface area (Å²) in [7, 11) is 1.83. The number of halogens is 1. The van der Waals surface area contributed by atoms with Crippen LogP contribution in [0.15, 0.2) is 34.1 Å². The van der Waals surface area contributed by atoms with Crippen LogP contribution in [0.3, 0.4) is 0 Å². The highest BCUT2D eigenvalue weighted by Crippen LogP contribution is 2.31. The second-order valence-corrected chi connectivity index (χ2v) is 7.01. The highest BCUT2D eigenvalue weighted by molar-refractivity contribution is 5.88. The zero-order chi connectivity index (χ0) is 19.0. The lowest BCUT2D eigenvalue weighted by Crippen LogP contribution is -2.48. The fraction of sp³-hybridized carbons (Fsp3) is 0.350. The lowest BCUT2D eigenvalue weighted by atomic mass is 10.1. The molecule has 0 amide bonds. The molecule has 1 aliphatic heterocycles. The first kappa shape index (κ1) is 17.5. The number of nitrogens with zero attached hydrogens (tertiary/aromatic N) is 3. The minimum atomic E-state index is -0.289. The molecule has 0 unspecified atom stereocenters. The van der Waals surface area contributed by atoms with E-state index in [0.717, 1.165) is 24.2 Å². The molecular formula is C20H21FN4O2. The number of hydrogen-bond donors (Lipinski definition) is 1. The lowest BCUT2D eigenvalue weighted by molar-refractivity contribution is 0.227. The minimum absolute atomic E-state index is 0.154. The number of aromatic nitrogens is 2. The van der Waals surface area contributed by atoms with Crippen molar-refractivity contribution in [2.24, 2.45) is 12.0 Å². The molecule has 0 atom stereocenters. The van der Waals surface area contributed by atoms with Gasteiger partial charge in [-0.1, -0.05) is 31.6 Å². The molecule has 1 aromatic heterocycles. The summed E-state index contributed by atoms with van der Waals surface area (Å²) in [6.07, 6.45) is 4.89. The third-order valence-corrected chi connectivity index (χ3v) is 5.16. The molecule has 0 saturated heterocycles. The first-order valence-corrected chi connectivity index (χ1v) is 9.08. The average Bonchev–Trinajstić information content (AvgIpc) is 3.34. The van der Waals surface area contributed by atoms with Crippen molar-refractivity contribution >= 4 is 18.3 Å². The maximum Gasteiger partial charge on any atom is 0.277 e. The number of amidine groups is 1. The van der Waals surface area contributed by atoms with E-state index in [1.165, 1.54) is 25.0 Å². The maximum absolute atomic E-state index is 13.0. The molecule has 0 spiro atoms. The van der Waals surface area contributed by atoms with E-state index in [0.29, 0.717) is 23.5 Å². The monoisotopic (exact) mass is 368 g/mol. The summed E-state index contributed by atoms with van der Waals surface area (Å²) >= 11 is 0. The number of rotatable bonds is 3. The topological polar surface area (TPSA) is 68.5 Å². The molecule has 27 heavy (non-hydrogen) atoms. The second kappa shape index (κ2) is 6.98. The molecule has 0 bridgehead atoms. The molecule has 2 heterocycles. The maximum atomic E-state index is 13.0. The molecule has 1 aliphatic carbocycles. The highest BCUT2D eigenvalue weighted by Gasteiger charge is 2.23. The number of benzene rings is 1. The SMILES string of the molecule is C=c1c(=O)/c(=C2/N=C(Cc3ccc(F)cc3)NO2)nc(C2CCCC2)n1C. The van der Waals surface area contributed by atoms with Crippen molar-refractivity contribution in [3.8, 4) is 0 Å². The molecule has 1 N–H and O–H groups in total. The van der Waals surface area contributed by atoms with Crippen molar-refractivity contribution in [3.05, 3.63) is 62.4 Å².